The van der Waals surface area contributed by atoms with Crippen molar-refractivity contribution in [2.75, 3.05) is 0 Å². The standard InChI is InChI=1S/C18H16FN3OS/c1-12(13-5-3-2-4-6-13)16(14-7-9-15(19)10-8-14)17(23)22-18(24)20-11-21-22/h2-11,16-17,23H,1H2,(H,20,21,24). The van der Waals surface area contributed by atoms with Gasteiger partial charge in [-0.2, -0.15) is 0 Å². The second kappa shape index (κ2) is 6.90. The van der Waals surface area contributed by atoms with E-state index in [0.29, 0.717) is 5.57 Å². The third-order valence-electron chi connectivity index (χ3n) is 3.89. The van der Waals surface area contributed by atoms with Crippen LogP contribution in [0.3, 0.4) is 0 Å². The fourth-order valence-corrected chi connectivity index (χ4v) is 2.87. The number of nitrogens with one attached hydrogen (secondary N) is 1. The van der Waals surface area contributed by atoms with E-state index in [1.165, 1.54) is 23.1 Å². The number of aromatic nitrogens is 3. The summed E-state index contributed by atoms with van der Waals surface area (Å²) in [4.78, 5) is 3.93. The molecule has 4 nitrogen and oxygen atoms in total. The molecular weight excluding hydrogens is 325 g/mol. The quantitative estimate of drug-likeness (QED) is 0.688. The third-order valence-corrected chi connectivity index (χ3v) is 4.19. The van der Waals surface area contributed by atoms with E-state index in [2.05, 4.69) is 16.7 Å². The van der Waals surface area contributed by atoms with Gasteiger partial charge in [-0.1, -0.05) is 49.0 Å². The molecule has 0 bridgehead atoms. The van der Waals surface area contributed by atoms with Crippen molar-refractivity contribution in [2.24, 2.45) is 0 Å². The van der Waals surface area contributed by atoms with E-state index in [1.54, 1.807) is 12.1 Å². The zero-order valence-corrected chi connectivity index (χ0v) is 13.6. The Bertz CT molecular complexity index is 886. The molecule has 3 aromatic rings. The Labute approximate surface area is 143 Å². The van der Waals surface area contributed by atoms with Crippen molar-refractivity contribution in [1.29, 1.82) is 0 Å². The largest absolute Gasteiger partial charge is 0.371 e. The Morgan fingerprint density at radius 2 is 1.83 bits per heavy atom. The van der Waals surface area contributed by atoms with E-state index in [4.69, 9.17) is 12.2 Å². The molecule has 2 N–H and O–H groups in total. The summed E-state index contributed by atoms with van der Waals surface area (Å²) in [5.74, 6) is -0.851. The van der Waals surface area contributed by atoms with Crippen molar-refractivity contribution in [3.63, 3.8) is 0 Å². The molecule has 0 saturated heterocycles. The van der Waals surface area contributed by atoms with Gasteiger partial charge in [-0.05, 0) is 41.1 Å². The van der Waals surface area contributed by atoms with Crippen molar-refractivity contribution in [3.8, 4) is 0 Å². The zero-order chi connectivity index (χ0) is 17.1. The lowest BCUT2D eigenvalue weighted by Crippen LogP contribution is -2.20. The molecule has 3 rings (SSSR count). The summed E-state index contributed by atoms with van der Waals surface area (Å²) < 4.78 is 14.9. The third kappa shape index (κ3) is 3.20. The minimum atomic E-state index is -1.04. The molecule has 0 aliphatic heterocycles. The molecule has 24 heavy (non-hydrogen) atoms. The van der Waals surface area contributed by atoms with Crippen molar-refractivity contribution in [2.45, 2.75) is 12.1 Å². The molecule has 2 aromatic carbocycles. The molecule has 0 saturated carbocycles. The fourth-order valence-electron chi connectivity index (χ4n) is 2.66. The van der Waals surface area contributed by atoms with Crippen LogP contribution in [0.5, 0.6) is 0 Å². The minimum Gasteiger partial charge on any atom is -0.371 e. The Morgan fingerprint density at radius 3 is 2.42 bits per heavy atom. The summed E-state index contributed by atoms with van der Waals surface area (Å²) in [6.07, 6.45) is 0.372. The van der Waals surface area contributed by atoms with E-state index < -0.39 is 12.1 Å². The Balaban J connectivity index is 2.07. The van der Waals surface area contributed by atoms with Gasteiger partial charge in [0.2, 0.25) is 4.77 Å². The van der Waals surface area contributed by atoms with Crippen LogP contribution in [0.1, 0.15) is 23.3 Å². The molecule has 0 spiro atoms. The second-order valence-corrected chi connectivity index (χ2v) is 5.74. The molecule has 0 radical (unpaired) electrons. The lowest BCUT2D eigenvalue weighted by Gasteiger charge is -2.26. The average Bonchev–Trinajstić information content (AvgIpc) is 3.03. The minimum absolute atomic E-state index is 0.232. The summed E-state index contributed by atoms with van der Waals surface area (Å²) in [6.45, 7) is 4.15. The van der Waals surface area contributed by atoms with Crippen LogP contribution in [-0.4, -0.2) is 19.9 Å². The maximum atomic E-state index is 13.3. The van der Waals surface area contributed by atoms with Gasteiger partial charge in [0.05, 0.1) is 5.92 Å². The van der Waals surface area contributed by atoms with E-state index in [9.17, 15) is 9.50 Å². The van der Waals surface area contributed by atoms with E-state index in [-0.39, 0.29) is 10.6 Å². The Morgan fingerprint density at radius 1 is 1.17 bits per heavy atom. The van der Waals surface area contributed by atoms with Crippen LogP contribution in [0.2, 0.25) is 0 Å². The number of hydrogen-bond acceptors (Lipinski definition) is 3. The van der Waals surface area contributed by atoms with E-state index in [0.717, 1.165) is 11.1 Å². The van der Waals surface area contributed by atoms with Gasteiger partial charge in [-0.25, -0.2) is 14.1 Å². The first-order valence-electron chi connectivity index (χ1n) is 7.37. The van der Waals surface area contributed by atoms with E-state index >= 15 is 0 Å². The first-order chi connectivity index (χ1) is 11.6. The fraction of sp³-hybridized carbons (Fsp3) is 0.111. The summed E-state index contributed by atoms with van der Waals surface area (Å²) in [5.41, 5.74) is 2.32. The van der Waals surface area contributed by atoms with Crippen molar-refractivity contribution < 1.29 is 9.50 Å². The number of rotatable bonds is 5. The SMILES string of the molecule is C=C(c1ccccc1)C(c1ccc(F)cc1)C(O)n1[nH]cnc1=S. The van der Waals surface area contributed by atoms with Gasteiger partial charge in [0.15, 0.2) is 6.23 Å². The monoisotopic (exact) mass is 341 g/mol. The van der Waals surface area contributed by atoms with E-state index in [1.807, 2.05) is 30.3 Å². The lowest BCUT2D eigenvalue weighted by atomic mass is 9.86. The predicted octanol–water partition coefficient (Wildman–Crippen LogP) is 4.07. The number of hydrogen-bond donors (Lipinski definition) is 2. The summed E-state index contributed by atoms with van der Waals surface area (Å²) >= 11 is 5.13. The molecular formula is C18H16FN3OS. The predicted molar refractivity (Wildman–Crippen MR) is 93.3 cm³/mol. The van der Waals surface area contributed by atoms with Crippen LogP contribution in [0, 0.1) is 10.6 Å². The first-order valence-corrected chi connectivity index (χ1v) is 7.78. The second-order valence-electron chi connectivity index (χ2n) is 5.37. The molecule has 1 aromatic heterocycles. The molecule has 122 valence electrons. The first kappa shape index (κ1) is 16.3. The molecule has 6 heteroatoms. The van der Waals surface area contributed by atoms with Gasteiger partial charge >= 0.3 is 0 Å². The topological polar surface area (TPSA) is 53.8 Å². The van der Waals surface area contributed by atoms with Gasteiger partial charge in [0, 0.05) is 0 Å². The highest BCUT2D eigenvalue weighted by Gasteiger charge is 2.27. The van der Waals surface area contributed by atoms with Crippen LogP contribution in [0.15, 0.2) is 67.5 Å². The summed E-state index contributed by atoms with van der Waals surface area (Å²) in [5, 5.41) is 13.7. The Hall–Kier alpha value is -2.57. The van der Waals surface area contributed by atoms with Crippen molar-refractivity contribution in [1.82, 2.24) is 14.8 Å². The van der Waals surface area contributed by atoms with Crippen LogP contribution < -0.4 is 0 Å². The summed E-state index contributed by atoms with van der Waals surface area (Å²) in [7, 11) is 0. The lowest BCUT2D eigenvalue weighted by molar-refractivity contribution is 0.0771. The molecule has 0 amide bonds. The molecule has 1 heterocycles. The number of H-pyrrole nitrogens is 1. The smallest absolute Gasteiger partial charge is 0.218 e. The van der Waals surface area contributed by atoms with Gasteiger partial charge in [0.1, 0.15) is 12.1 Å². The van der Waals surface area contributed by atoms with Crippen LogP contribution >= 0.6 is 12.2 Å². The molecule has 2 unspecified atom stereocenters. The molecule has 0 aliphatic rings. The van der Waals surface area contributed by atoms with Gasteiger partial charge in [0.25, 0.3) is 0 Å². The number of aliphatic hydroxyl groups is 1. The van der Waals surface area contributed by atoms with Gasteiger partial charge < -0.3 is 5.11 Å². The van der Waals surface area contributed by atoms with Crippen molar-refractivity contribution in [3.05, 3.63) is 89.2 Å². The van der Waals surface area contributed by atoms with Crippen LogP contribution in [0.4, 0.5) is 4.39 Å². The number of aliphatic hydroxyl groups excluding tert-OH is 1. The average molecular weight is 341 g/mol. The Kier molecular flexibility index (Phi) is 4.69. The number of halogens is 1. The highest BCUT2D eigenvalue weighted by atomic mass is 32.1. The highest BCUT2D eigenvalue weighted by Crippen LogP contribution is 2.38. The maximum absolute atomic E-state index is 13.3. The summed E-state index contributed by atoms with van der Waals surface area (Å²) in [6, 6.07) is 15.5. The maximum Gasteiger partial charge on any atom is 0.218 e. The normalized spacial score (nSPS) is 13.4. The number of aromatic amines is 1. The van der Waals surface area contributed by atoms with Gasteiger partial charge in [-0.3, -0.25) is 5.10 Å². The zero-order valence-electron chi connectivity index (χ0n) is 12.8. The van der Waals surface area contributed by atoms with Crippen molar-refractivity contribution >= 4 is 17.8 Å². The number of nitrogens with zero attached hydrogens (tertiary/aromatic N) is 2. The molecule has 0 aliphatic carbocycles. The highest BCUT2D eigenvalue weighted by molar-refractivity contribution is 7.71. The molecule has 2 atom stereocenters. The molecule has 0 fully saturated rings. The number of benzene rings is 2. The van der Waals surface area contributed by atoms with Crippen LogP contribution in [0.25, 0.3) is 5.57 Å². The van der Waals surface area contributed by atoms with Gasteiger partial charge in [-0.15, -0.1) is 0 Å². The van der Waals surface area contributed by atoms with Crippen LogP contribution in [-0.2, 0) is 0 Å².